The highest BCUT2D eigenvalue weighted by atomic mass is 35.5. The Labute approximate surface area is 148 Å². The maximum Gasteiger partial charge on any atom is 0.300 e. The van der Waals surface area contributed by atoms with Crippen molar-refractivity contribution in [2.24, 2.45) is 5.73 Å². The van der Waals surface area contributed by atoms with E-state index in [-0.39, 0.29) is 21.6 Å². The molecule has 0 fully saturated rings. The summed E-state index contributed by atoms with van der Waals surface area (Å²) in [4.78, 5) is 10.2. The van der Waals surface area contributed by atoms with Crippen LogP contribution in [-0.4, -0.2) is 30.7 Å². The van der Waals surface area contributed by atoms with Gasteiger partial charge >= 0.3 is 0 Å². The van der Waals surface area contributed by atoms with Crippen LogP contribution in [0.3, 0.4) is 0 Å². The Kier molecular flexibility index (Phi) is 6.30. The Balaban J connectivity index is 2.36. The molecular weight excluding hydrogens is 374 g/mol. The summed E-state index contributed by atoms with van der Waals surface area (Å²) in [6, 6.07) is 10.1. The molecule has 7 nitrogen and oxygen atoms in total. The van der Waals surface area contributed by atoms with Gasteiger partial charge in [-0.05, 0) is 18.5 Å². The molecule has 1 heterocycles. The van der Waals surface area contributed by atoms with Gasteiger partial charge in [0.05, 0.1) is 4.92 Å². The molecule has 0 spiro atoms. The molecule has 0 atom stereocenters. The third-order valence-electron chi connectivity index (χ3n) is 3.25. The number of nitrogens with two attached hydrogens (primary N) is 1. The van der Waals surface area contributed by atoms with E-state index >= 15 is 0 Å². The van der Waals surface area contributed by atoms with Gasteiger partial charge in [-0.25, -0.2) is 8.42 Å². The molecule has 0 unspecified atom stereocenters. The van der Waals surface area contributed by atoms with Crippen LogP contribution in [0.2, 0.25) is 4.34 Å². The fraction of sp³-hybridized carbons (Fsp3) is 0.286. The van der Waals surface area contributed by atoms with Crippen LogP contribution < -0.4 is 5.73 Å². The zero-order valence-electron chi connectivity index (χ0n) is 12.6. The SMILES string of the molecule is NCCCN(Cc1ccccc1)S(=O)(=O)c1cc([N+](=O)[O-])c(Cl)s1. The van der Waals surface area contributed by atoms with Gasteiger partial charge in [-0.1, -0.05) is 41.9 Å². The lowest BCUT2D eigenvalue weighted by molar-refractivity contribution is -0.384. The van der Waals surface area contributed by atoms with E-state index in [4.69, 9.17) is 17.3 Å². The molecule has 1 aromatic carbocycles. The number of hydrogen-bond acceptors (Lipinski definition) is 6. The molecule has 2 N–H and O–H groups in total. The highest BCUT2D eigenvalue weighted by molar-refractivity contribution is 7.91. The van der Waals surface area contributed by atoms with E-state index in [1.807, 2.05) is 30.3 Å². The fourth-order valence-electron chi connectivity index (χ4n) is 2.06. The molecule has 1 aromatic heterocycles. The van der Waals surface area contributed by atoms with Crippen LogP contribution >= 0.6 is 22.9 Å². The third kappa shape index (κ3) is 4.31. The number of hydrogen-bond donors (Lipinski definition) is 1. The Morgan fingerprint density at radius 2 is 1.96 bits per heavy atom. The van der Waals surface area contributed by atoms with Gasteiger partial charge in [0.1, 0.15) is 4.21 Å². The number of nitro groups is 1. The van der Waals surface area contributed by atoms with E-state index in [0.717, 1.165) is 11.6 Å². The Hall–Kier alpha value is -1.52. The maximum atomic E-state index is 12.8. The molecule has 0 amide bonds. The molecule has 2 aromatic rings. The van der Waals surface area contributed by atoms with E-state index in [1.54, 1.807) is 0 Å². The van der Waals surface area contributed by atoms with Crippen molar-refractivity contribution in [2.45, 2.75) is 17.2 Å². The molecule has 0 radical (unpaired) electrons. The standard InChI is InChI=1S/C14H16ClN3O4S2/c15-14-12(18(19)20)9-13(23-14)24(21,22)17(8-4-7-16)10-11-5-2-1-3-6-11/h1-3,5-6,9H,4,7-8,10,16H2. The molecule has 0 saturated carbocycles. The second-order valence-corrected chi connectivity index (χ2v) is 8.77. The normalized spacial score (nSPS) is 11.8. The number of halogens is 1. The average molecular weight is 390 g/mol. The summed E-state index contributed by atoms with van der Waals surface area (Å²) >= 11 is 6.47. The molecule has 0 aliphatic heterocycles. The van der Waals surface area contributed by atoms with Gasteiger partial charge in [0.25, 0.3) is 15.7 Å². The molecular formula is C14H16ClN3O4S2. The van der Waals surface area contributed by atoms with Gasteiger partial charge in [0, 0.05) is 19.2 Å². The number of sulfonamides is 1. The second kappa shape index (κ2) is 8.04. The van der Waals surface area contributed by atoms with E-state index in [9.17, 15) is 18.5 Å². The van der Waals surface area contributed by atoms with Crippen molar-refractivity contribution in [2.75, 3.05) is 13.1 Å². The quantitative estimate of drug-likeness (QED) is 0.551. The topological polar surface area (TPSA) is 107 Å². The molecule has 130 valence electrons. The number of thiophene rings is 1. The monoisotopic (exact) mass is 389 g/mol. The number of nitrogens with zero attached hydrogens (tertiary/aromatic N) is 2. The van der Waals surface area contributed by atoms with Crippen LogP contribution in [0, 0.1) is 10.1 Å². The fourth-order valence-corrected chi connectivity index (χ4v) is 5.34. The lowest BCUT2D eigenvalue weighted by Crippen LogP contribution is -2.32. The summed E-state index contributed by atoms with van der Waals surface area (Å²) in [5.74, 6) is 0. The van der Waals surface area contributed by atoms with Crippen molar-refractivity contribution in [3.05, 3.63) is 56.4 Å². The molecule has 0 saturated heterocycles. The van der Waals surface area contributed by atoms with Gasteiger partial charge in [-0.2, -0.15) is 4.31 Å². The average Bonchev–Trinajstić information content (AvgIpc) is 2.95. The van der Waals surface area contributed by atoms with Crippen molar-refractivity contribution in [3.8, 4) is 0 Å². The first kappa shape index (κ1) is 18.8. The van der Waals surface area contributed by atoms with Crippen LogP contribution in [0.5, 0.6) is 0 Å². The van der Waals surface area contributed by atoms with Crippen LogP contribution in [0.25, 0.3) is 0 Å². The summed E-state index contributed by atoms with van der Waals surface area (Å²) in [7, 11) is -3.90. The van der Waals surface area contributed by atoms with Crippen LogP contribution in [0.15, 0.2) is 40.6 Å². The lowest BCUT2D eigenvalue weighted by Gasteiger charge is -2.21. The van der Waals surface area contributed by atoms with E-state index < -0.39 is 20.6 Å². The highest BCUT2D eigenvalue weighted by Gasteiger charge is 2.30. The van der Waals surface area contributed by atoms with Gasteiger partial charge in [0.2, 0.25) is 0 Å². The number of benzene rings is 1. The smallest absolute Gasteiger partial charge is 0.300 e. The van der Waals surface area contributed by atoms with Crippen LogP contribution in [-0.2, 0) is 16.6 Å². The summed E-state index contributed by atoms with van der Waals surface area (Å²) < 4.78 is 26.7. The van der Waals surface area contributed by atoms with Crippen molar-refractivity contribution in [1.29, 1.82) is 0 Å². The Morgan fingerprint density at radius 3 is 2.50 bits per heavy atom. The summed E-state index contributed by atoms with van der Waals surface area (Å²) in [5, 5.41) is 10.9. The van der Waals surface area contributed by atoms with Gasteiger partial charge in [-0.3, -0.25) is 10.1 Å². The second-order valence-electron chi connectivity index (χ2n) is 4.95. The highest BCUT2D eigenvalue weighted by Crippen LogP contribution is 2.37. The minimum Gasteiger partial charge on any atom is -0.330 e. The summed E-state index contributed by atoms with van der Waals surface area (Å²) in [5.41, 5.74) is 5.90. The number of rotatable bonds is 8. The van der Waals surface area contributed by atoms with E-state index in [2.05, 4.69) is 0 Å². The van der Waals surface area contributed by atoms with Crippen LogP contribution in [0.4, 0.5) is 5.69 Å². The third-order valence-corrected chi connectivity index (χ3v) is 6.88. The first-order valence-electron chi connectivity index (χ1n) is 7.04. The van der Waals surface area contributed by atoms with E-state index in [0.29, 0.717) is 24.3 Å². The summed E-state index contributed by atoms with van der Waals surface area (Å²) in [6.45, 7) is 0.718. The minimum absolute atomic E-state index is 0.146. The zero-order chi connectivity index (χ0) is 17.7. The first-order valence-corrected chi connectivity index (χ1v) is 9.67. The predicted octanol–water partition coefficient (Wildman–Crippen LogP) is 2.85. The van der Waals surface area contributed by atoms with Crippen molar-refractivity contribution < 1.29 is 13.3 Å². The predicted molar refractivity (Wildman–Crippen MR) is 93.7 cm³/mol. The zero-order valence-corrected chi connectivity index (χ0v) is 15.0. The van der Waals surface area contributed by atoms with Crippen molar-refractivity contribution in [1.82, 2.24) is 4.31 Å². The maximum absolute atomic E-state index is 12.8. The molecule has 2 rings (SSSR count). The minimum atomic E-state index is -3.90. The molecule has 0 aliphatic rings. The molecule has 0 bridgehead atoms. The lowest BCUT2D eigenvalue weighted by atomic mass is 10.2. The van der Waals surface area contributed by atoms with E-state index in [1.165, 1.54) is 4.31 Å². The summed E-state index contributed by atoms with van der Waals surface area (Å²) in [6.07, 6.45) is 0.479. The van der Waals surface area contributed by atoms with Crippen LogP contribution in [0.1, 0.15) is 12.0 Å². The van der Waals surface area contributed by atoms with Gasteiger partial charge in [-0.15, -0.1) is 11.3 Å². The molecule has 24 heavy (non-hydrogen) atoms. The van der Waals surface area contributed by atoms with Crippen molar-refractivity contribution in [3.63, 3.8) is 0 Å². The van der Waals surface area contributed by atoms with Crippen molar-refractivity contribution >= 4 is 38.6 Å². The molecule has 10 heteroatoms. The Bertz CT molecular complexity index is 809. The van der Waals surface area contributed by atoms with Gasteiger partial charge < -0.3 is 5.73 Å². The largest absolute Gasteiger partial charge is 0.330 e. The Morgan fingerprint density at radius 1 is 1.29 bits per heavy atom. The molecule has 0 aliphatic carbocycles. The van der Waals surface area contributed by atoms with Gasteiger partial charge in [0.15, 0.2) is 4.34 Å². The first-order chi connectivity index (χ1) is 11.4.